The summed E-state index contributed by atoms with van der Waals surface area (Å²) in [5, 5.41) is 5.77. The highest BCUT2D eigenvalue weighted by Gasteiger charge is 2.13. The van der Waals surface area contributed by atoms with Crippen LogP contribution in [0.15, 0.2) is 132 Å². The van der Waals surface area contributed by atoms with E-state index in [9.17, 15) is 0 Å². The maximum absolute atomic E-state index is 6.05. The van der Waals surface area contributed by atoms with Crippen LogP contribution in [0.25, 0.3) is 77.1 Å². The molecule has 0 radical (unpaired) electrons. The molecule has 0 atom stereocenters. The Kier molecular flexibility index (Phi) is 5.04. The van der Waals surface area contributed by atoms with Crippen molar-refractivity contribution in [1.29, 1.82) is 0 Å². The number of para-hydroxylation sites is 1. The van der Waals surface area contributed by atoms with Gasteiger partial charge in [-0.15, -0.1) is 0 Å². The number of hydrogen-bond acceptors (Lipinski definition) is 3. The van der Waals surface area contributed by atoms with Gasteiger partial charge in [0.1, 0.15) is 11.3 Å². The fraction of sp³-hybridized carbons (Fsp3) is 0.0270. The number of furan rings is 1. The average molecular weight is 513 g/mol. The van der Waals surface area contributed by atoms with Gasteiger partial charge in [0.2, 0.25) is 0 Å². The second-order valence-electron chi connectivity index (χ2n) is 10.3. The molecule has 2 heterocycles. The van der Waals surface area contributed by atoms with Crippen LogP contribution in [-0.4, -0.2) is 9.97 Å². The number of hydrogen-bond donors (Lipinski definition) is 0. The van der Waals surface area contributed by atoms with E-state index in [1.807, 2.05) is 13.1 Å². The van der Waals surface area contributed by atoms with E-state index in [2.05, 4.69) is 121 Å². The molecule has 0 fully saturated rings. The van der Waals surface area contributed by atoms with Crippen molar-refractivity contribution in [3.8, 4) is 33.5 Å². The van der Waals surface area contributed by atoms with E-state index in [1.54, 1.807) is 0 Å². The van der Waals surface area contributed by atoms with Gasteiger partial charge in [0.25, 0.3) is 0 Å². The first-order chi connectivity index (χ1) is 19.7. The van der Waals surface area contributed by atoms with Crippen LogP contribution in [0.4, 0.5) is 0 Å². The maximum atomic E-state index is 6.05. The summed E-state index contributed by atoms with van der Waals surface area (Å²) in [4.78, 5) is 10.1. The Labute approximate surface area is 231 Å². The summed E-state index contributed by atoms with van der Waals surface area (Å²) in [5.41, 5.74) is 9.20. The first kappa shape index (κ1) is 22.7. The molecule has 0 aliphatic carbocycles. The lowest BCUT2D eigenvalue weighted by Crippen LogP contribution is -1.92. The molecule has 8 rings (SSSR count). The first-order valence-corrected chi connectivity index (χ1v) is 13.5. The zero-order valence-electron chi connectivity index (χ0n) is 21.9. The highest BCUT2D eigenvalue weighted by molar-refractivity contribution is 6.23. The molecular formula is C37H24N2O. The van der Waals surface area contributed by atoms with Crippen molar-refractivity contribution in [3.63, 3.8) is 0 Å². The van der Waals surface area contributed by atoms with Crippen LogP contribution in [-0.2, 0) is 0 Å². The van der Waals surface area contributed by atoms with E-state index in [-0.39, 0.29) is 0 Å². The Morgan fingerprint density at radius 3 is 1.88 bits per heavy atom. The van der Waals surface area contributed by atoms with Crippen LogP contribution in [0.5, 0.6) is 0 Å². The van der Waals surface area contributed by atoms with Crippen LogP contribution in [0.3, 0.4) is 0 Å². The third-order valence-corrected chi connectivity index (χ3v) is 7.76. The molecule has 0 aliphatic heterocycles. The van der Waals surface area contributed by atoms with E-state index < -0.39 is 0 Å². The van der Waals surface area contributed by atoms with Gasteiger partial charge >= 0.3 is 0 Å². The Morgan fingerprint density at radius 1 is 0.525 bits per heavy atom. The predicted octanol–water partition coefficient (Wildman–Crippen LogP) is 9.99. The maximum Gasteiger partial charge on any atom is 0.142 e. The van der Waals surface area contributed by atoms with Gasteiger partial charge in [-0.3, -0.25) is 4.98 Å². The van der Waals surface area contributed by atoms with Gasteiger partial charge in [-0.25, -0.2) is 4.98 Å². The summed E-state index contributed by atoms with van der Waals surface area (Å²) < 4.78 is 6.05. The van der Waals surface area contributed by atoms with Crippen molar-refractivity contribution in [1.82, 2.24) is 9.97 Å². The van der Waals surface area contributed by atoms with Gasteiger partial charge in [-0.2, -0.15) is 0 Å². The molecule has 0 amide bonds. The fourth-order valence-corrected chi connectivity index (χ4v) is 5.91. The second-order valence-corrected chi connectivity index (χ2v) is 10.3. The first-order valence-electron chi connectivity index (χ1n) is 13.5. The standard InChI is InChI=1S/C37H24N2O/c1-23-19-28-13-8-18-29(37(28)40-23)26-11-6-9-24(20-26)25-10-7-12-27(21-25)34-22-38-35-32-16-4-2-14-30(32)31-15-3-5-17-33(31)36(35)39-34/h2-22H,1H3. The van der Waals surface area contributed by atoms with Crippen LogP contribution in [0.2, 0.25) is 0 Å². The quantitative estimate of drug-likeness (QED) is 0.221. The molecule has 3 nitrogen and oxygen atoms in total. The van der Waals surface area contributed by atoms with Gasteiger partial charge in [0.05, 0.1) is 22.9 Å². The number of aromatic nitrogens is 2. The van der Waals surface area contributed by atoms with Crippen molar-refractivity contribution < 1.29 is 4.42 Å². The summed E-state index contributed by atoms with van der Waals surface area (Å²) in [7, 11) is 0. The van der Waals surface area contributed by atoms with Crippen molar-refractivity contribution in [3.05, 3.63) is 133 Å². The summed E-state index contributed by atoms with van der Waals surface area (Å²) in [6.45, 7) is 1.99. The Morgan fingerprint density at radius 2 is 1.12 bits per heavy atom. The number of rotatable bonds is 3. The lowest BCUT2D eigenvalue weighted by atomic mass is 9.96. The van der Waals surface area contributed by atoms with Gasteiger partial charge in [-0.05, 0) is 52.6 Å². The molecular weight excluding hydrogens is 488 g/mol. The highest BCUT2D eigenvalue weighted by Crippen LogP contribution is 2.36. The topological polar surface area (TPSA) is 38.9 Å². The minimum atomic E-state index is 0.863. The van der Waals surface area contributed by atoms with E-state index >= 15 is 0 Å². The Hall–Kier alpha value is -5.28. The minimum Gasteiger partial charge on any atom is -0.461 e. The van der Waals surface area contributed by atoms with Crippen molar-refractivity contribution in [2.24, 2.45) is 0 Å². The molecule has 3 heteroatoms. The summed E-state index contributed by atoms with van der Waals surface area (Å²) in [6, 6.07) is 42.5. The van der Waals surface area contributed by atoms with Gasteiger partial charge in [-0.1, -0.05) is 103 Å². The lowest BCUT2D eigenvalue weighted by molar-refractivity contribution is 0.579. The molecule has 0 saturated carbocycles. The zero-order valence-corrected chi connectivity index (χ0v) is 21.9. The highest BCUT2D eigenvalue weighted by atomic mass is 16.3. The van der Waals surface area contributed by atoms with Crippen LogP contribution in [0, 0.1) is 6.92 Å². The minimum absolute atomic E-state index is 0.863. The second kappa shape index (κ2) is 8.89. The number of benzene rings is 6. The van der Waals surface area contributed by atoms with Crippen molar-refractivity contribution >= 4 is 43.5 Å². The van der Waals surface area contributed by atoms with Crippen LogP contribution >= 0.6 is 0 Å². The monoisotopic (exact) mass is 512 g/mol. The normalized spacial score (nSPS) is 11.6. The molecule has 40 heavy (non-hydrogen) atoms. The van der Waals surface area contributed by atoms with Gasteiger partial charge in [0, 0.05) is 27.3 Å². The predicted molar refractivity (Wildman–Crippen MR) is 165 cm³/mol. The van der Waals surface area contributed by atoms with Crippen molar-refractivity contribution in [2.45, 2.75) is 6.92 Å². The average Bonchev–Trinajstić information content (AvgIpc) is 3.41. The smallest absolute Gasteiger partial charge is 0.142 e. The van der Waals surface area contributed by atoms with Crippen molar-refractivity contribution in [2.75, 3.05) is 0 Å². The summed E-state index contributed by atoms with van der Waals surface area (Å²) >= 11 is 0. The molecule has 0 bridgehead atoms. The zero-order chi connectivity index (χ0) is 26.6. The molecule has 2 aromatic heterocycles. The lowest BCUT2D eigenvalue weighted by Gasteiger charge is -2.11. The third kappa shape index (κ3) is 3.59. The summed E-state index contributed by atoms with van der Waals surface area (Å²) in [5.74, 6) is 0.920. The van der Waals surface area contributed by atoms with E-state index in [0.717, 1.165) is 72.0 Å². The SMILES string of the molecule is Cc1cc2cccc(-c3cccc(-c4cccc(-c5cnc6c7ccccc7c7ccccc7c6n5)c4)c3)c2o1. The fourth-order valence-electron chi connectivity index (χ4n) is 5.91. The molecule has 6 aromatic carbocycles. The largest absolute Gasteiger partial charge is 0.461 e. The van der Waals surface area contributed by atoms with Gasteiger partial charge < -0.3 is 4.42 Å². The molecule has 0 aliphatic rings. The number of aryl methyl sites for hydroxylation is 1. The van der Waals surface area contributed by atoms with Crippen LogP contribution < -0.4 is 0 Å². The van der Waals surface area contributed by atoms with E-state index in [1.165, 1.54) is 10.8 Å². The van der Waals surface area contributed by atoms with E-state index in [0.29, 0.717) is 0 Å². The number of fused-ring (bicyclic) bond motifs is 7. The molecule has 8 aromatic rings. The molecule has 0 N–H and O–H groups in total. The Balaban J connectivity index is 1.26. The van der Waals surface area contributed by atoms with Crippen LogP contribution in [0.1, 0.15) is 5.76 Å². The Bertz CT molecular complexity index is 2210. The third-order valence-electron chi connectivity index (χ3n) is 7.76. The van der Waals surface area contributed by atoms with Gasteiger partial charge in [0.15, 0.2) is 0 Å². The van der Waals surface area contributed by atoms with E-state index in [4.69, 9.17) is 14.4 Å². The molecule has 188 valence electrons. The molecule has 0 unspecified atom stereocenters. The summed E-state index contributed by atoms with van der Waals surface area (Å²) in [6.07, 6.45) is 1.90. The molecule has 0 saturated heterocycles. The number of nitrogens with zero attached hydrogens (tertiary/aromatic N) is 2. The molecule has 0 spiro atoms.